The fourth-order valence-electron chi connectivity index (χ4n) is 5.59. The van der Waals surface area contributed by atoms with Gasteiger partial charge in [-0.05, 0) is 86.0 Å². The van der Waals surface area contributed by atoms with Crippen molar-refractivity contribution in [1.82, 2.24) is 0 Å². The first-order valence-corrected chi connectivity index (χ1v) is 12.5. The van der Waals surface area contributed by atoms with Crippen molar-refractivity contribution in [3.05, 3.63) is 52.8 Å². The zero-order valence-corrected chi connectivity index (χ0v) is 19.5. The Labute approximate surface area is 195 Å². The smallest absolute Gasteiger partial charge is 0.206 e. The van der Waals surface area contributed by atoms with Crippen LogP contribution in [0.25, 0.3) is 6.08 Å². The van der Waals surface area contributed by atoms with E-state index in [4.69, 9.17) is 11.6 Å². The lowest BCUT2D eigenvalue weighted by Gasteiger charge is -2.32. The van der Waals surface area contributed by atoms with Crippen LogP contribution in [-0.2, 0) is 0 Å². The SMILES string of the molecule is C=CCCC1CCC(CCC2CCC(c3cc(F)c(C=CC(F)(F)F)c(Cl)c3)CC2)CC1. The summed E-state index contributed by atoms with van der Waals surface area (Å²) in [6.07, 6.45) is 13.0. The number of benzene rings is 1. The standard InChI is InChI=1S/C27H35ClF4/c1-2-3-4-19-5-7-20(8-6-19)9-10-21-11-13-22(14-12-21)23-17-25(28)24(26(29)18-23)15-16-27(30,31)32/h2,15-22H,1,3-14H2. The van der Waals surface area contributed by atoms with Gasteiger partial charge in [-0.2, -0.15) is 13.2 Å². The maximum Gasteiger partial charge on any atom is 0.409 e. The summed E-state index contributed by atoms with van der Waals surface area (Å²) in [5, 5.41) is 0.0475. The van der Waals surface area contributed by atoms with E-state index in [2.05, 4.69) is 6.58 Å². The molecule has 1 aromatic rings. The molecule has 32 heavy (non-hydrogen) atoms. The van der Waals surface area contributed by atoms with Gasteiger partial charge in [-0.25, -0.2) is 4.39 Å². The van der Waals surface area contributed by atoms with Crippen LogP contribution in [-0.4, -0.2) is 6.18 Å². The number of hydrogen-bond donors (Lipinski definition) is 0. The van der Waals surface area contributed by atoms with Crippen LogP contribution in [0.2, 0.25) is 5.02 Å². The quantitative estimate of drug-likeness (QED) is 0.262. The summed E-state index contributed by atoms with van der Waals surface area (Å²) in [6.45, 7) is 3.83. The van der Waals surface area contributed by atoms with Gasteiger partial charge in [-0.3, -0.25) is 0 Å². The minimum Gasteiger partial charge on any atom is -0.206 e. The van der Waals surface area contributed by atoms with Crippen LogP contribution in [0, 0.1) is 23.6 Å². The van der Waals surface area contributed by atoms with Gasteiger partial charge in [0.1, 0.15) is 5.82 Å². The molecule has 0 unspecified atom stereocenters. The van der Waals surface area contributed by atoms with Gasteiger partial charge in [-0.15, -0.1) is 6.58 Å². The Kier molecular flexibility index (Phi) is 9.28. The molecule has 5 heteroatoms. The fourth-order valence-corrected chi connectivity index (χ4v) is 5.87. The molecule has 2 saturated carbocycles. The molecule has 0 amide bonds. The van der Waals surface area contributed by atoms with Crippen molar-refractivity contribution in [3.8, 4) is 0 Å². The third-order valence-corrected chi connectivity index (χ3v) is 7.90. The molecular weight excluding hydrogens is 436 g/mol. The van der Waals surface area contributed by atoms with Crippen molar-refractivity contribution < 1.29 is 17.6 Å². The highest BCUT2D eigenvalue weighted by Crippen LogP contribution is 2.41. The van der Waals surface area contributed by atoms with Crippen molar-refractivity contribution in [2.24, 2.45) is 17.8 Å². The lowest BCUT2D eigenvalue weighted by Crippen LogP contribution is -2.18. The van der Waals surface area contributed by atoms with E-state index < -0.39 is 12.0 Å². The third-order valence-electron chi connectivity index (χ3n) is 7.59. The van der Waals surface area contributed by atoms with E-state index in [-0.39, 0.29) is 22.6 Å². The second-order valence-electron chi connectivity index (χ2n) is 9.82. The van der Waals surface area contributed by atoms with Gasteiger partial charge >= 0.3 is 6.18 Å². The third kappa shape index (κ3) is 7.64. The second kappa shape index (κ2) is 11.7. The van der Waals surface area contributed by atoms with Crippen molar-refractivity contribution in [3.63, 3.8) is 0 Å². The van der Waals surface area contributed by atoms with Gasteiger partial charge < -0.3 is 0 Å². The molecule has 0 aliphatic heterocycles. The summed E-state index contributed by atoms with van der Waals surface area (Å²) >= 11 is 6.12. The maximum absolute atomic E-state index is 14.4. The van der Waals surface area contributed by atoms with E-state index in [1.807, 2.05) is 6.08 Å². The Morgan fingerprint density at radius 2 is 1.41 bits per heavy atom. The largest absolute Gasteiger partial charge is 0.409 e. The van der Waals surface area contributed by atoms with Crippen molar-refractivity contribution in [2.75, 3.05) is 0 Å². The lowest BCUT2D eigenvalue weighted by atomic mass is 9.74. The molecule has 0 atom stereocenters. The highest BCUT2D eigenvalue weighted by atomic mass is 35.5. The van der Waals surface area contributed by atoms with Crippen LogP contribution in [0.15, 0.2) is 30.9 Å². The minimum absolute atomic E-state index is 0.0237. The molecule has 0 radical (unpaired) electrons. The molecule has 0 nitrogen and oxygen atoms in total. The van der Waals surface area contributed by atoms with E-state index in [1.165, 1.54) is 51.0 Å². The molecular formula is C27H35ClF4. The average molecular weight is 471 g/mol. The van der Waals surface area contributed by atoms with Gasteiger partial charge in [0.15, 0.2) is 0 Å². The molecule has 1 aromatic carbocycles. The summed E-state index contributed by atoms with van der Waals surface area (Å²) in [5.41, 5.74) is 0.619. The second-order valence-corrected chi connectivity index (χ2v) is 10.2. The Bertz CT molecular complexity index is 743. The molecule has 0 N–H and O–H groups in total. The molecule has 0 spiro atoms. The van der Waals surface area contributed by atoms with E-state index in [0.29, 0.717) is 6.08 Å². The maximum atomic E-state index is 14.4. The molecule has 0 saturated heterocycles. The summed E-state index contributed by atoms with van der Waals surface area (Å²) in [7, 11) is 0. The van der Waals surface area contributed by atoms with Crippen LogP contribution in [0.3, 0.4) is 0 Å². The van der Waals surface area contributed by atoms with Crippen molar-refractivity contribution in [1.29, 1.82) is 0 Å². The Balaban J connectivity index is 1.45. The fraction of sp³-hybridized carbons (Fsp3) is 0.630. The van der Waals surface area contributed by atoms with Crippen LogP contribution < -0.4 is 0 Å². The molecule has 2 fully saturated rings. The number of alkyl halides is 3. The highest BCUT2D eigenvalue weighted by molar-refractivity contribution is 6.32. The zero-order chi connectivity index (χ0) is 23.1. The minimum atomic E-state index is -4.49. The van der Waals surface area contributed by atoms with Crippen LogP contribution in [0.1, 0.15) is 94.1 Å². The summed E-state index contributed by atoms with van der Waals surface area (Å²) in [4.78, 5) is 0. The van der Waals surface area contributed by atoms with Crippen molar-refractivity contribution in [2.45, 2.75) is 89.1 Å². The normalized spacial score (nSPS) is 27.0. The molecule has 3 rings (SSSR count). The van der Waals surface area contributed by atoms with Gasteiger partial charge in [0, 0.05) is 11.6 Å². The van der Waals surface area contributed by atoms with Crippen molar-refractivity contribution >= 4 is 17.7 Å². The van der Waals surface area contributed by atoms with Gasteiger partial charge in [-0.1, -0.05) is 56.2 Å². The van der Waals surface area contributed by atoms with Gasteiger partial charge in [0.25, 0.3) is 0 Å². The van der Waals surface area contributed by atoms with E-state index in [1.54, 1.807) is 6.07 Å². The lowest BCUT2D eigenvalue weighted by molar-refractivity contribution is -0.0790. The monoisotopic (exact) mass is 470 g/mol. The molecule has 2 aliphatic carbocycles. The first-order chi connectivity index (χ1) is 15.2. The Hall–Kier alpha value is -1.29. The average Bonchev–Trinajstić information content (AvgIpc) is 2.76. The molecule has 178 valence electrons. The Morgan fingerprint density at radius 1 is 0.875 bits per heavy atom. The van der Waals surface area contributed by atoms with Gasteiger partial charge in [0.2, 0.25) is 0 Å². The molecule has 0 bridgehead atoms. The summed E-state index contributed by atoms with van der Waals surface area (Å²) < 4.78 is 51.6. The predicted molar refractivity (Wildman–Crippen MR) is 125 cm³/mol. The zero-order valence-electron chi connectivity index (χ0n) is 18.8. The Morgan fingerprint density at radius 3 is 1.91 bits per heavy atom. The highest BCUT2D eigenvalue weighted by Gasteiger charge is 2.27. The predicted octanol–water partition coefficient (Wildman–Crippen LogP) is 9.88. The number of rotatable bonds is 8. The molecule has 0 aromatic heterocycles. The summed E-state index contributed by atoms with van der Waals surface area (Å²) in [5.74, 6) is 2.05. The molecule has 2 aliphatic rings. The van der Waals surface area contributed by atoms with Gasteiger partial charge in [0.05, 0.1) is 5.02 Å². The van der Waals surface area contributed by atoms with Crippen LogP contribution >= 0.6 is 11.6 Å². The topological polar surface area (TPSA) is 0 Å². The molecule has 0 heterocycles. The van der Waals surface area contributed by atoms with Crippen LogP contribution in [0.5, 0.6) is 0 Å². The number of hydrogen-bond acceptors (Lipinski definition) is 0. The first-order valence-electron chi connectivity index (χ1n) is 12.1. The van der Waals surface area contributed by atoms with E-state index >= 15 is 0 Å². The first kappa shape index (κ1) is 25.3. The number of allylic oxidation sites excluding steroid dienone is 2. The van der Waals surface area contributed by atoms with E-state index in [0.717, 1.165) is 55.4 Å². The van der Waals surface area contributed by atoms with E-state index in [9.17, 15) is 17.6 Å². The number of halogens is 5. The van der Waals surface area contributed by atoms with Crippen LogP contribution in [0.4, 0.5) is 17.6 Å². The summed E-state index contributed by atoms with van der Waals surface area (Å²) in [6, 6.07) is 3.02.